The Labute approximate surface area is 131 Å². The summed E-state index contributed by atoms with van der Waals surface area (Å²) in [4.78, 5) is 17.5. The van der Waals surface area contributed by atoms with Crippen LogP contribution in [0.5, 0.6) is 5.06 Å². The lowest BCUT2D eigenvalue weighted by atomic mass is 9.91. The number of thiophene rings is 1. The summed E-state index contributed by atoms with van der Waals surface area (Å²) in [5.74, 6) is -0.841. The van der Waals surface area contributed by atoms with Gasteiger partial charge in [-0.3, -0.25) is 9.79 Å². The molecule has 4 nitrogen and oxygen atoms in total. The van der Waals surface area contributed by atoms with Crippen LogP contribution in [0.4, 0.5) is 4.39 Å². The highest BCUT2D eigenvalue weighted by molar-refractivity contribution is 7.16. The van der Waals surface area contributed by atoms with Gasteiger partial charge >= 0.3 is 0 Å². The molecular formula is C16H13FNO3S. The predicted octanol–water partition coefficient (Wildman–Crippen LogP) is 3.63. The van der Waals surface area contributed by atoms with Crippen LogP contribution in [0.2, 0.25) is 0 Å². The zero-order valence-corrected chi connectivity index (χ0v) is 13.1. The lowest BCUT2D eigenvalue weighted by Crippen LogP contribution is -2.18. The molecule has 1 aromatic rings. The van der Waals surface area contributed by atoms with Gasteiger partial charge in [-0.05, 0) is 19.1 Å². The highest BCUT2D eigenvalue weighted by Crippen LogP contribution is 2.37. The van der Waals surface area contributed by atoms with Crippen LogP contribution in [0.1, 0.15) is 23.0 Å². The lowest BCUT2D eigenvalue weighted by molar-refractivity contribution is 0.102. The quantitative estimate of drug-likeness (QED) is 0.797. The average molecular weight is 318 g/mol. The number of ketones is 1. The van der Waals surface area contributed by atoms with Gasteiger partial charge in [-0.1, -0.05) is 11.3 Å². The number of allylic oxidation sites excluding steroid dienone is 5. The van der Waals surface area contributed by atoms with E-state index >= 15 is 0 Å². The Hall–Kier alpha value is -2.21. The number of carbonyl (C=O) groups is 1. The molecule has 3 rings (SSSR count). The summed E-state index contributed by atoms with van der Waals surface area (Å²) in [5.41, 5.74) is 1.84. The number of hydrogen-bond acceptors (Lipinski definition) is 5. The second kappa shape index (κ2) is 5.53. The highest BCUT2D eigenvalue weighted by Gasteiger charge is 2.34. The molecule has 2 aliphatic rings. The maximum Gasteiger partial charge on any atom is 0.207 e. The van der Waals surface area contributed by atoms with Gasteiger partial charge in [0, 0.05) is 23.8 Å². The van der Waals surface area contributed by atoms with Crippen molar-refractivity contribution in [2.45, 2.75) is 13.3 Å². The van der Waals surface area contributed by atoms with Crippen molar-refractivity contribution in [3.8, 4) is 5.06 Å². The molecule has 0 amide bonds. The van der Waals surface area contributed by atoms with Gasteiger partial charge in [-0.25, -0.2) is 4.39 Å². The van der Waals surface area contributed by atoms with E-state index in [2.05, 4.69) is 11.1 Å². The van der Waals surface area contributed by atoms with E-state index < -0.39 is 5.83 Å². The summed E-state index contributed by atoms with van der Waals surface area (Å²) in [6.07, 6.45) is 3.05. The molecule has 0 bridgehead atoms. The standard InChI is InChI=1S/C16H13FNO3S/c1-8-6-9-11(18-8)7-10(17)16(21-3)14(9)15(19)12-4-5-13(20-2)22-12/h4-5H,7H2,1-3H3. The summed E-state index contributed by atoms with van der Waals surface area (Å²) in [7, 11) is 2.88. The van der Waals surface area contributed by atoms with Gasteiger partial charge < -0.3 is 9.47 Å². The first-order valence-corrected chi connectivity index (χ1v) is 7.41. The SMILES string of the molecule is COC1=C(F)CC2=NC(C)=[C]C2=C1C(=O)c1ccc(OC)s1. The molecule has 0 fully saturated rings. The van der Waals surface area contributed by atoms with Crippen molar-refractivity contribution in [1.29, 1.82) is 0 Å². The Morgan fingerprint density at radius 3 is 2.77 bits per heavy atom. The van der Waals surface area contributed by atoms with Gasteiger partial charge in [0.2, 0.25) is 5.78 Å². The number of ether oxygens (including phenoxy) is 2. The topological polar surface area (TPSA) is 47.9 Å². The van der Waals surface area contributed by atoms with Crippen molar-refractivity contribution in [2.24, 2.45) is 4.99 Å². The van der Waals surface area contributed by atoms with Crippen LogP contribution in [-0.4, -0.2) is 25.7 Å². The summed E-state index contributed by atoms with van der Waals surface area (Å²) in [6.45, 7) is 1.76. The molecule has 0 unspecified atom stereocenters. The lowest BCUT2D eigenvalue weighted by Gasteiger charge is -2.18. The second-order valence-corrected chi connectivity index (χ2v) is 5.83. The van der Waals surface area contributed by atoms with E-state index in [0.717, 1.165) is 0 Å². The van der Waals surface area contributed by atoms with Gasteiger partial charge in [-0.2, -0.15) is 0 Å². The van der Waals surface area contributed by atoms with Gasteiger partial charge in [0.25, 0.3) is 0 Å². The number of Topliss-reactive ketones (excluding diaryl/α,β-unsaturated/α-hetero) is 1. The third-order valence-electron chi connectivity index (χ3n) is 3.38. The summed E-state index contributed by atoms with van der Waals surface area (Å²) < 4.78 is 24.5. The fraction of sp³-hybridized carbons (Fsp3) is 0.250. The zero-order chi connectivity index (χ0) is 15.9. The van der Waals surface area contributed by atoms with Crippen LogP contribution in [0.25, 0.3) is 0 Å². The Morgan fingerprint density at radius 2 is 2.14 bits per heavy atom. The fourth-order valence-corrected chi connectivity index (χ4v) is 3.22. The molecule has 0 saturated heterocycles. The molecule has 22 heavy (non-hydrogen) atoms. The van der Waals surface area contributed by atoms with Crippen molar-refractivity contribution < 1.29 is 18.7 Å². The third kappa shape index (κ3) is 2.29. The van der Waals surface area contributed by atoms with Crippen LogP contribution in [-0.2, 0) is 4.74 Å². The monoisotopic (exact) mass is 318 g/mol. The number of nitrogens with zero attached hydrogens (tertiary/aromatic N) is 1. The van der Waals surface area contributed by atoms with Crippen LogP contribution in [0.3, 0.4) is 0 Å². The van der Waals surface area contributed by atoms with Gasteiger partial charge in [0.1, 0.15) is 5.83 Å². The number of aliphatic imine (C=N–C) groups is 1. The van der Waals surface area contributed by atoms with E-state index in [9.17, 15) is 9.18 Å². The number of methoxy groups -OCH3 is 2. The molecule has 2 heterocycles. The molecule has 1 aliphatic carbocycles. The molecule has 0 saturated carbocycles. The maximum absolute atomic E-state index is 14.2. The molecule has 0 atom stereocenters. The molecule has 0 aromatic carbocycles. The summed E-state index contributed by atoms with van der Waals surface area (Å²) >= 11 is 1.20. The number of hydrogen-bond donors (Lipinski definition) is 0. The molecule has 0 N–H and O–H groups in total. The molecule has 1 aromatic heterocycles. The Morgan fingerprint density at radius 1 is 1.36 bits per heavy atom. The first-order valence-electron chi connectivity index (χ1n) is 6.59. The average Bonchev–Trinajstić information content (AvgIpc) is 3.10. The van der Waals surface area contributed by atoms with Gasteiger partial charge in [-0.15, -0.1) is 0 Å². The maximum atomic E-state index is 14.2. The Balaban J connectivity index is 2.13. The fourth-order valence-electron chi connectivity index (χ4n) is 2.46. The van der Waals surface area contributed by atoms with Crippen molar-refractivity contribution in [3.63, 3.8) is 0 Å². The minimum Gasteiger partial charge on any atom is -0.493 e. The first kappa shape index (κ1) is 14.7. The summed E-state index contributed by atoms with van der Waals surface area (Å²) in [6, 6.07) is 3.36. The van der Waals surface area contributed by atoms with Crippen LogP contribution in [0, 0.1) is 6.08 Å². The van der Waals surface area contributed by atoms with E-state index in [-0.39, 0.29) is 23.5 Å². The van der Waals surface area contributed by atoms with E-state index in [1.165, 1.54) is 25.6 Å². The normalized spacial score (nSPS) is 17.3. The molecule has 0 spiro atoms. The number of fused-ring (bicyclic) bond motifs is 1. The predicted molar refractivity (Wildman–Crippen MR) is 81.9 cm³/mol. The van der Waals surface area contributed by atoms with E-state index in [4.69, 9.17) is 9.47 Å². The minimum absolute atomic E-state index is 0.0212. The number of rotatable bonds is 4. The van der Waals surface area contributed by atoms with Crippen LogP contribution >= 0.6 is 11.3 Å². The largest absolute Gasteiger partial charge is 0.493 e. The second-order valence-electron chi connectivity index (χ2n) is 4.79. The molecule has 1 aliphatic heterocycles. The van der Waals surface area contributed by atoms with Gasteiger partial charge in [0.15, 0.2) is 10.8 Å². The van der Waals surface area contributed by atoms with Crippen LogP contribution in [0.15, 0.2) is 45.6 Å². The minimum atomic E-state index is -0.492. The van der Waals surface area contributed by atoms with E-state index in [1.54, 1.807) is 19.1 Å². The van der Waals surface area contributed by atoms with Crippen molar-refractivity contribution in [2.75, 3.05) is 14.2 Å². The first-order chi connectivity index (χ1) is 10.5. The molecule has 1 radical (unpaired) electrons. The molecular weight excluding hydrogens is 305 g/mol. The van der Waals surface area contributed by atoms with Crippen LogP contribution < -0.4 is 4.74 Å². The van der Waals surface area contributed by atoms with Crippen molar-refractivity contribution in [1.82, 2.24) is 0 Å². The zero-order valence-electron chi connectivity index (χ0n) is 12.3. The summed E-state index contributed by atoms with van der Waals surface area (Å²) in [5, 5.41) is 0.615. The Bertz CT molecular complexity index is 783. The Kier molecular flexibility index (Phi) is 3.70. The van der Waals surface area contributed by atoms with Crippen molar-refractivity contribution in [3.05, 3.63) is 51.5 Å². The van der Waals surface area contributed by atoms with Gasteiger partial charge in [0.05, 0.1) is 30.4 Å². The molecule has 6 heteroatoms. The highest BCUT2D eigenvalue weighted by atomic mass is 32.1. The van der Waals surface area contributed by atoms with Crippen molar-refractivity contribution >= 4 is 22.8 Å². The molecule has 113 valence electrons. The third-order valence-corrected chi connectivity index (χ3v) is 4.43. The smallest absolute Gasteiger partial charge is 0.207 e. The number of halogens is 1. The van der Waals surface area contributed by atoms with E-state index in [0.29, 0.717) is 26.9 Å². The van der Waals surface area contributed by atoms with E-state index in [1.807, 2.05) is 0 Å². The number of carbonyl (C=O) groups excluding carboxylic acids is 1.